The summed E-state index contributed by atoms with van der Waals surface area (Å²) < 4.78 is 10.9. The molecule has 192 valence electrons. The van der Waals surface area contributed by atoms with E-state index in [0.717, 1.165) is 18.6 Å². The van der Waals surface area contributed by atoms with Crippen molar-refractivity contribution in [2.75, 3.05) is 12.4 Å². The van der Waals surface area contributed by atoms with Gasteiger partial charge in [0.05, 0.1) is 36.8 Å². The number of thioether (sulfide) groups is 1. The van der Waals surface area contributed by atoms with Gasteiger partial charge in [-0.15, -0.1) is 11.8 Å². The predicted molar refractivity (Wildman–Crippen MR) is 139 cm³/mol. The second kappa shape index (κ2) is 16.0. The number of para-hydroxylation sites is 1. The smallest absolute Gasteiger partial charge is 0.243 e. The number of nitrogens with one attached hydrogen (secondary N) is 2. The van der Waals surface area contributed by atoms with Crippen LogP contribution in [0.2, 0.25) is 0 Å². The standard InChI is InChI=1S/C27H38N2O5S/c1-4-5-13-23(25(30)19-35-18-22-12-9-15-33-22)29-27(32)24(17-20(2)3)28-26(31)14-16-34-21-10-7-6-8-11-21/h6-12,15,20,23-24H,4-5,13-14,16-19H2,1-3H3,(H,28,31)(H,29,32)/t23-,24-/m0/s1. The summed E-state index contributed by atoms with van der Waals surface area (Å²) in [6.45, 7) is 6.26. The van der Waals surface area contributed by atoms with Crippen molar-refractivity contribution >= 4 is 29.4 Å². The highest BCUT2D eigenvalue weighted by Crippen LogP contribution is 2.15. The van der Waals surface area contributed by atoms with Gasteiger partial charge in [-0.25, -0.2) is 0 Å². The highest BCUT2D eigenvalue weighted by molar-refractivity contribution is 7.99. The van der Waals surface area contributed by atoms with Gasteiger partial charge < -0.3 is 19.8 Å². The molecular formula is C27H38N2O5S. The third-order valence-electron chi connectivity index (χ3n) is 5.32. The molecule has 2 aromatic rings. The minimum Gasteiger partial charge on any atom is -0.493 e. The summed E-state index contributed by atoms with van der Waals surface area (Å²) >= 11 is 1.47. The fourth-order valence-electron chi connectivity index (χ4n) is 3.49. The van der Waals surface area contributed by atoms with Crippen molar-refractivity contribution in [1.82, 2.24) is 10.6 Å². The number of ketones is 1. The Morgan fingerprint density at radius 2 is 1.80 bits per heavy atom. The van der Waals surface area contributed by atoms with Crippen LogP contribution in [0.15, 0.2) is 53.1 Å². The minimum absolute atomic E-state index is 0.0192. The van der Waals surface area contributed by atoms with E-state index >= 15 is 0 Å². The number of benzene rings is 1. The van der Waals surface area contributed by atoms with Crippen LogP contribution in [0.5, 0.6) is 5.75 Å². The van der Waals surface area contributed by atoms with Crippen LogP contribution in [0.4, 0.5) is 0 Å². The molecule has 1 aromatic heterocycles. The van der Waals surface area contributed by atoms with Crippen molar-refractivity contribution < 1.29 is 23.5 Å². The molecule has 2 N–H and O–H groups in total. The lowest BCUT2D eigenvalue weighted by Gasteiger charge is -2.24. The van der Waals surface area contributed by atoms with E-state index in [0.29, 0.717) is 24.3 Å². The number of carbonyl (C=O) groups excluding carboxylic acids is 3. The van der Waals surface area contributed by atoms with Crippen LogP contribution in [-0.2, 0) is 20.1 Å². The summed E-state index contributed by atoms with van der Waals surface area (Å²) in [5.41, 5.74) is 0. The topological polar surface area (TPSA) is 97.6 Å². The van der Waals surface area contributed by atoms with E-state index in [9.17, 15) is 14.4 Å². The SMILES string of the molecule is CCCC[C@H](NC(=O)[C@H](CC(C)C)NC(=O)CCOc1ccccc1)C(=O)CSCc1ccco1. The van der Waals surface area contributed by atoms with Crippen molar-refractivity contribution in [2.24, 2.45) is 5.92 Å². The van der Waals surface area contributed by atoms with Gasteiger partial charge in [-0.1, -0.05) is 51.8 Å². The molecule has 0 aliphatic heterocycles. The molecule has 0 unspecified atom stereocenters. The maximum absolute atomic E-state index is 13.1. The summed E-state index contributed by atoms with van der Waals surface area (Å²) in [6, 6.07) is 11.7. The maximum atomic E-state index is 13.1. The van der Waals surface area contributed by atoms with Crippen LogP contribution in [0.3, 0.4) is 0 Å². The van der Waals surface area contributed by atoms with Crippen LogP contribution in [0.1, 0.15) is 58.6 Å². The third kappa shape index (κ3) is 11.5. The molecule has 0 radical (unpaired) electrons. The fourth-order valence-corrected chi connectivity index (χ4v) is 4.36. The average molecular weight is 503 g/mol. The lowest BCUT2D eigenvalue weighted by molar-refractivity contribution is -0.131. The Morgan fingerprint density at radius 1 is 1.03 bits per heavy atom. The molecule has 0 aliphatic rings. The largest absolute Gasteiger partial charge is 0.493 e. The molecule has 2 amide bonds. The Labute approximate surface area is 212 Å². The van der Waals surface area contributed by atoms with Gasteiger partial charge in [-0.3, -0.25) is 14.4 Å². The fraction of sp³-hybridized carbons (Fsp3) is 0.519. The zero-order valence-electron chi connectivity index (χ0n) is 21.0. The Hall–Kier alpha value is -2.74. The Bertz CT molecular complexity index is 886. The van der Waals surface area contributed by atoms with Crippen LogP contribution < -0.4 is 15.4 Å². The Balaban J connectivity index is 1.89. The van der Waals surface area contributed by atoms with Crippen LogP contribution >= 0.6 is 11.8 Å². The minimum atomic E-state index is -0.702. The van der Waals surface area contributed by atoms with Crippen molar-refractivity contribution in [3.05, 3.63) is 54.5 Å². The number of unbranched alkanes of at least 4 members (excludes halogenated alkanes) is 1. The second-order valence-corrected chi connectivity index (χ2v) is 9.89. The normalized spacial score (nSPS) is 12.7. The number of amides is 2. The van der Waals surface area contributed by atoms with Crippen LogP contribution in [0, 0.1) is 5.92 Å². The molecule has 2 rings (SSSR count). The highest BCUT2D eigenvalue weighted by atomic mass is 32.2. The highest BCUT2D eigenvalue weighted by Gasteiger charge is 2.27. The van der Waals surface area contributed by atoms with E-state index in [2.05, 4.69) is 10.6 Å². The van der Waals surface area contributed by atoms with Crippen molar-refractivity contribution in [3.63, 3.8) is 0 Å². The molecule has 35 heavy (non-hydrogen) atoms. The number of Topliss-reactive ketones (excluding diaryl/α,β-unsaturated/α-hetero) is 1. The molecule has 8 heteroatoms. The number of ether oxygens (including phenoxy) is 1. The van der Waals surface area contributed by atoms with E-state index in [1.54, 1.807) is 6.26 Å². The third-order valence-corrected chi connectivity index (χ3v) is 6.30. The van der Waals surface area contributed by atoms with Gasteiger partial charge >= 0.3 is 0 Å². The molecule has 0 saturated carbocycles. The zero-order chi connectivity index (χ0) is 25.5. The van der Waals surface area contributed by atoms with Gasteiger partial charge in [0.1, 0.15) is 17.6 Å². The summed E-state index contributed by atoms with van der Waals surface area (Å²) in [5.74, 6) is 1.99. The first-order valence-electron chi connectivity index (χ1n) is 12.3. The lowest BCUT2D eigenvalue weighted by Crippen LogP contribution is -2.52. The summed E-state index contributed by atoms with van der Waals surface area (Å²) in [7, 11) is 0. The average Bonchev–Trinajstić information content (AvgIpc) is 3.35. The first-order chi connectivity index (χ1) is 16.9. The molecule has 2 atom stereocenters. The molecule has 1 aromatic carbocycles. The van der Waals surface area contributed by atoms with Gasteiger partial charge in [-0.2, -0.15) is 0 Å². The number of hydrogen-bond acceptors (Lipinski definition) is 6. The second-order valence-electron chi connectivity index (χ2n) is 8.90. The number of rotatable bonds is 17. The molecule has 0 saturated heterocycles. The predicted octanol–water partition coefficient (Wildman–Crippen LogP) is 4.76. The molecule has 0 spiro atoms. The Kier molecular flexibility index (Phi) is 13.0. The van der Waals surface area contributed by atoms with Gasteiger partial charge in [0, 0.05) is 0 Å². The number of carbonyl (C=O) groups is 3. The number of furan rings is 1. The van der Waals surface area contributed by atoms with Gasteiger partial charge in [0.15, 0.2) is 5.78 Å². The number of hydrogen-bond donors (Lipinski definition) is 2. The van der Waals surface area contributed by atoms with Crippen molar-refractivity contribution in [1.29, 1.82) is 0 Å². The van der Waals surface area contributed by atoms with Crippen molar-refractivity contribution in [3.8, 4) is 5.75 Å². The van der Waals surface area contributed by atoms with Crippen LogP contribution in [-0.4, -0.2) is 42.0 Å². The quantitative estimate of drug-likeness (QED) is 0.324. The maximum Gasteiger partial charge on any atom is 0.243 e. The van der Waals surface area contributed by atoms with E-state index in [-0.39, 0.29) is 42.3 Å². The molecule has 0 fully saturated rings. The van der Waals surface area contributed by atoms with Gasteiger partial charge in [0.2, 0.25) is 11.8 Å². The molecule has 0 aliphatic carbocycles. The van der Waals surface area contributed by atoms with Gasteiger partial charge in [-0.05, 0) is 43.0 Å². The zero-order valence-corrected chi connectivity index (χ0v) is 21.8. The summed E-state index contributed by atoms with van der Waals surface area (Å²) in [5, 5.41) is 5.75. The molecule has 7 nitrogen and oxygen atoms in total. The van der Waals surface area contributed by atoms with E-state index < -0.39 is 12.1 Å². The van der Waals surface area contributed by atoms with Crippen molar-refractivity contribution in [2.45, 2.75) is 70.7 Å². The first-order valence-corrected chi connectivity index (χ1v) is 13.4. The molecule has 1 heterocycles. The van der Waals surface area contributed by atoms with E-state index in [1.165, 1.54) is 11.8 Å². The summed E-state index contributed by atoms with van der Waals surface area (Å²) in [6.07, 6.45) is 4.57. The van der Waals surface area contributed by atoms with Crippen LogP contribution in [0.25, 0.3) is 0 Å². The van der Waals surface area contributed by atoms with Gasteiger partial charge in [0.25, 0.3) is 0 Å². The Morgan fingerprint density at radius 3 is 2.46 bits per heavy atom. The van der Waals surface area contributed by atoms with E-state index in [1.807, 2.05) is 63.2 Å². The van der Waals surface area contributed by atoms with E-state index in [4.69, 9.17) is 9.15 Å². The summed E-state index contributed by atoms with van der Waals surface area (Å²) in [4.78, 5) is 38.5. The molecule has 0 bridgehead atoms. The lowest BCUT2D eigenvalue weighted by atomic mass is 10.0. The first kappa shape index (κ1) is 28.5. The monoisotopic (exact) mass is 502 g/mol. The molecular weight excluding hydrogens is 464 g/mol.